The fraction of sp³-hybridized carbons (Fsp3) is 0.867. The van der Waals surface area contributed by atoms with Crippen molar-refractivity contribution in [2.75, 3.05) is 0 Å². The van der Waals surface area contributed by atoms with Crippen molar-refractivity contribution in [3.05, 3.63) is 11.1 Å². The summed E-state index contributed by atoms with van der Waals surface area (Å²) in [6.45, 7) is 7.19. The van der Waals surface area contributed by atoms with Crippen LogP contribution >= 0.6 is 0 Å². The van der Waals surface area contributed by atoms with Gasteiger partial charge in [0.15, 0.2) is 5.78 Å². The van der Waals surface area contributed by atoms with E-state index in [0.29, 0.717) is 17.6 Å². The lowest BCUT2D eigenvalue weighted by atomic mass is 9.46. The molecule has 33 heavy (non-hydrogen) atoms. The van der Waals surface area contributed by atoms with Gasteiger partial charge in [-0.3, -0.25) is 9.59 Å². The molecule has 3 nitrogen and oxygen atoms in total. The second kappa shape index (κ2) is 9.15. The average Bonchev–Trinajstić information content (AvgIpc) is 3.15. The van der Waals surface area contributed by atoms with E-state index < -0.39 is 0 Å². The highest BCUT2D eigenvalue weighted by molar-refractivity contribution is 5.97. The van der Waals surface area contributed by atoms with Gasteiger partial charge in [0.2, 0.25) is 0 Å². The molecule has 0 bridgehead atoms. The molecule has 0 saturated heterocycles. The molecule has 0 aliphatic heterocycles. The third-order valence-corrected chi connectivity index (χ3v) is 11.1. The number of rotatable bonds is 5. The molecular weight excluding hydrogens is 408 g/mol. The number of ketones is 1. The van der Waals surface area contributed by atoms with Gasteiger partial charge in [0.05, 0.1) is 5.92 Å². The molecule has 0 radical (unpaired) electrons. The van der Waals surface area contributed by atoms with Crippen LogP contribution < -0.4 is 0 Å². The van der Waals surface area contributed by atoms with Crippen molar-refractivity contribution < 1.29 is 14.3 Å². The van der Waals surface area contributed by atoms with Crippen molar-refractivity contribution in [2.45, 2.75) is 130 Å². The maximum atomic E-state index is 13.0. The van der Waals surface area contributed by atoms with Gasteiger partial charge >= 0.3 is 5.97 Å². The minimum Gasteiger partial charge on any atom is -0.462 e. The molecule has 6 atom stereocenters. The van der Waals surface area contributed by atoms with Gasteiger partial charge in [-0.2, -0.15) is 0 Å². The minimum atomic E-state index is 0.107. The lowest BCUT2D eigenvalue weighted by Crippen LogP contribution is -2.52. The van der Waals surface area contributed by atoms with Gasteiger partial charge in [-0.05, 0) is 99.4 Å². The summed E-state index contributed by atoms with van der Waals surface area (Å²) >= 11 is 0. The van der Waals surface area contributed by atoms with Crippen molar-refractivity contribution in [1.29, 1.82) is 0 Å². The molecule has 4 saturated carbocycles. The highest BCUT2D eigenvalue weighted by Gasteiger charge is 2.60. The SMILES string of the molecule is CCCCC1=C2CCC3C4CCC(OC(=O)C5CCCCC5)[C@@]4(C)CCC3[C@@]2(C)CCC1=O. The summed E-state index contributed by atoms with van der Waals surface area (Å²) in [5.41, 5.74) is 3.15. The van der Waals surface area contributed by atoms with Crippen LogP contribution in [0, 0.1) is 34.5 Å². The number of hydrogen-bond donors (Lipinski definition) is 0. The quantitative estimate of drug-likeness (QED) is 0.402. The first-order chi connectivity index (χ1) is 15.9. The van der Waals surface area contributed by atoms with E-state index >= 15 is 0 Å². The first-order valence-electron chi connectivity index (χ1n) is 14.3. The fourth-order valence-electron chi connectivity index (χ4n) is 9.19. The van der Waals surface area contributed by atoms with Crippen molar-refractivity contribution in [1.82, 2.24) is 0 Å². The Morgan fingerprint density at radius 3 is 2.48 bits per heavy atom. The van der Waals surface area contributed by atoms with Gasteiger partial charge in [-0.25, -0.2) is 0 Å². The maximum Gasteiger partial charge on any atom is 0.309 e. The highest BCUT2D eigenvalue weighted by Crippen LogP contribution is 2.66. The van der Waals surface area contributed by atoms with E-state index in [0.717, 1.165) is 63.7 Å². The summed E-state index contributed by atoms with van der Waals surface area (Å²) in [7, 11) is 0. The summed E-state index contributed by atoms with van der Waals surface area (Å²) in [5, 5.41) is 0. The number of carbonyl (C=O) groups is 2. The Balaban J connectivity index is 1.34. The molecular formula is C30H46O3. The number of carbonyl (C=O) groups excluding carboxylic acids is 2. The first-order valence-corrected chi connectivity index (χ1v) is 14.3. The second-order valence-corrected chi connectivity index (χ2v) is 12.7. The number of ether oxygens (including phenoxy) is 1. The Morgan fingerprint density at radius 1 is 0.939 bits per heavy atom. The van der Waals surface area contributed by atoms with Crippen LogP contribution in [-0.2, 0) is 14.3 Å². The van der Waals surface area contributed by atoms with Gasteiger partial charge in [0, 0.05) is 11.8 Å². The van der Waals surface area contributed by atoms with Crippen LogP contribution in [0.4, 0.5) is 0 Å². The van der Waals surface area contributed by atoms with Gasteiger partial charge in [-0.15, -0.1) is 0 Å². The monoisotopic (exact) mass is 454 g/mol. The zero-order valence-corrected chi connectivity index (χ0v) is 21.4. The minimum absolute atomic E-state index is 0.107. The van der Waals surface area contributed by atoms with Crippen LogP contribution in [0.1, 0.15) is 124 Å². The lowest BCUT2D eigenvalue weighted by molar-refractivity contribution is -0.165. The summed E-state index contributed by atoms with van der Waals surface area (Å²) in [6.07, 6.45) is 18.0. The topological polar surface area (TPSA) is 43.4 Å². The number of allylic oxidation sites excluding steroid dienone is 1. The molecule has 4 unspecified atom stereocenters. The van der Waals surface area contributed by atoms with Gasteiger partial charge in [0.1, 0.15) is 6.10 Å². The van der Waals surface area contributed by atoms with E-state index in [1.54, 1.807) is 5.57 Å². The zero-order valence-electron chi connectivity index (χ0n) is 21.4. The predicted octanol–water partition coefficient (Wildman–Crippen LogP) is 7.57. The number of esters is 1. The zero-order chi connectivity index (χ0) is 23.2. The van der Waals surface area contributed by atoms with Crippen LogP contribution in [0.5, 0.6) is 0 Å². The molecule has 0 aromatic rings. The largest absolute Gasteiger partial charge is 0.462 e. The third kappa shape index (κ3) is 3.94. The number of Topliss-reactive ketones (excluding diaryl/α,β-unsaturated/α-hetero) is 1. The predicted molar refractivity (Wildman–Crippen MR) is 132 cm³/mol. The van der Waals surface area contributed by atoms with Crippen molar-refractivity contribution in [3.63, 3.8) is 0 Å². The standard InChI is InChI=1S/C30H46O3/c1-4-5-11-22-24-13-12-21-23-14-15-27(33-28(32)20-9-7-6-8-10-20)30(23,3)18-16-25(21)29(24,2)19-17-26(22)31/h20-21,23,25,27H,4-19H2,1-3H3/t21?,23?,25?,27?,29-,30-/m0/s1. The van der Waals surface area contributed by atoms with Gasteiger partial charge in [0.25, 0.3) is 0 Å². The lowest BCUT2D eigenvalue weighted by Gasteiger charge is -2.58. The van der Waals surface area contributed by atoms with Crippen LogP contribution in [0.25, 0.3) is 0 Å². The number of hydrogen-bond acceptors (Lipinski definition) is 3. The summed E-state index contributed by atoms with van der Waals surface area (Å²) in [4.78, 5) is 25.8. The van der Waals surface area contributed by atoms with Gasteiger partial charge < -0.3 is 4.74 Å². The molecule has 0 heterocycles. The van der Waals surface area contributed by atoms with E-state index in [1.165, 1.54) is 50.5 Å². The molecule has 0 spiro atoms. The summed E-state index contributed by atoms with van der Waals surface area (Å²) in [6, 6.07) is 0. The van der Waals surface area contributed by atoms with E-state index in [9.17, 15) is 9.59 Å². The molecule has 4 fully saturated rings. The molecule has 5 aliphatic carbocycles. The fourth-order valence-corrected chi connectivity index (χ4v) is 9.19. The molecule has 3 heteroatoms. The Kier molecular flexibility index (Phi) is 6.55. The normalized spacial score (nSPS) is 41.4. The first kappa shape index (κ1) is 23.6. The van der Waals surface area contributed by atoms with Crippen LogP contribution in [0.2, 0.25) is 0 Å². The average molecular weight is 455 g/mol. The van der Waals surface area contributed by atoms with Crippen molar-refractivity contribution >= 4 is 11.8 Å². The third-order valence-electron chi connectivity index (χ3n) is 11.1. The Morgan fingerprint density at radius 2 is 1.73 bits per heavy atom. The molecule has 0 amide bonds. The molecule has 0 aromatic heterocycles. The van der Waals surface area contributed by atoms with Gasteiger partial charge in [-0.1, -0.05) is 52.0 Å². The Bertz CT molecular complexity index is 805. The summed E-state index contributed by atoms with van der Waals surface area (Å²) < 4.78 is 6.32. The van der Waals surface area contributed by atoms with E-state index in [1.807, 2.05) is 0 Å². The molecule has 5 aliphatic rings. The smallest absolute Gasteiger partial charge is 0.309 e. The molecule has 184 valence electrons. The molecule has 0 aromatic carbocycles. The Labute approximate surface area is 201 Å². The molecule has 5 rings (SSSR count). The van der Waals surface area contributed by atoms with Crippen molar-refractivity contribution in [2.24, 2.45) is 34.5 Å². The van der Waals surface area contributed by atoms with E-state index in [-0.39, 0.29) is 28.8 Å². The Hall–Kier alpha value is -1.12. The summed E-state index contributed by atoms with van der Waals surface area (Å²) in [5.74, 6) is 2.82. The second-order valence-electron chi connectivity index (χ2n) is 12.7. The maximum absolute atomic E-state index is 13.0. The van der Waals surface area contributed by atoms with E-state index in [4.69, 9.17) is 4.74 Å². The van der Waals surface area contributed by atoms with Crippen LogP contribution in [0.3, 0.4) is 0 Å². The number of fused-ring (bicyclic) bond motifs is 5. The van der Waals surface area contributed by atoms with Crippen molar-refractivity contribution in [3.8, 4) is 0 Å². The number of unbranched alkanes of at least 4 members (excludes halogenated alkanes) is 1. The highest BCUT2D eigenvalue weighted by atomic mass is 16.5. The van der Waals surface area contributed by atoms with E-state index in [2.05, 4.69) is 20.8 Å². The van der Waals surface area contributed by atoms with Crippen LogP contribution in [0.15, 0.2) is 11.1 Å². The van der Waals surface area contributed by atoms with Crippen LogP contribution in [-0.4, -0.2) is 17.9 Å². The molecule has 0 N–H and O–H groups in total.